The topological polar surface area (TPSA) is 135 Å². The van der Waals surface area contributed by atoms with Crippen molar-refractivity contribution in [2.45, 2.75) is 0 Å². The van der Waals surface area contributed by atoms with Crippen molar-refractivity contribution in [1.82, 2.24) is 0 Å². The van der Waals surface area contributed by atoms with E-state index in [-0.39, 0.29) is 5.48 Å². The molecule has 0 aliphatic heterocycles. The van der Waals surface area contributed by atoms with Gasteiger partial charge in [0, 0.05) is 7.05 Å². The first-order chi connectivity index (χ1) is 6.30. The Labute approximate surface area is 88.0 Å². The number of benzene rings is 1. The molecule has 0 atom stereocenters. The summed E-state index contributed by atoms with van der Waals surface area (Å²) in [6.07, 6.45) is 0. The number of hydrogen-bond acceptors (Lipinski definition) is 4. The Bertz CT molecular complexity index is 343. The third-order valence-electron chi connectivity index (χ3n) is 1.16. The molecule has 15 heavy (non-hydrogen) atoms. The van der Waals surface area contributed by atoms with Crippen LogP contribution in [0, 0.1) is 0 Å². The lowest BCUT2D eigenvalue weighted by Gasteiger charge is -2.09. The Balaban J connectivity index is 0. The summed E-state index contributed by atoms with van der Waals surface area (Å²) in [7, 11) is -2.85. The summed E-state index contributed by atoms with van der Waals surface area (Å²) in [6, 6.07) is 9.80. The highest BCUT2D eigenvalue weighted by Crippen LogP contribution is 2.05. The van der Waals surface area contributed by atoms with Crippen LogP contribution < -0.4 is 10.9 Å². The molecule has 1 rings (SSSR count). The Morgan fingerprint density at radius 2 is 1.53 bits per heavy atom. The van der Waals surface area contributed by atoms with Gasteiger partial charge in [0.25, 0.3) is 0 Å². The lowest BCUT2D eigenvalue weighted by molar-refractivity contribution is 0.381. The molecule has 0 spiro atoms. The number of nitrogens with two attached hydrogens (primary N) is 1. The lowest BCUT2D eigenvalue weighted by Crippen LogP contribution is -2.24. The van der Waals surface area contributed by atoms with Gasteiger partial charge >= 0.3 is 10.4 Å². The van der Waals surface area contributed by atoms with Gasteiger partial charge in [-0.25, -0.2) is 5.84 Å². The SMILES string of the molecule is CN(N)c1ccccc1.O.O=S(=O)(O)O. The largest absolute Gasteiger partial charge is 0.412 e. The normalized spacial score (nSPS) is 9.33. The Kier molecular flexibility index (Phi) is 7.74. The molecule has 0 amide bonds. The predicted octanol–water partition coefficient (Wildman–Crippen LogP) is -0.481. The van der Waals surface area contributed by atoms with Gasteiger partial charge < -0.3 is 10.5 Å². The van der Waals surface area contributed by atoms with E-state index in [0.717, 1.165) is 5.69 Å². The molecule has 6 N–H and O–H groups in total. The highest BCUT2D eigenvalue weighted by Gasteiger charge is 1.88. The second kappa shape index (κ2) is 7.15. The fraction of sp³-hybridized carbons (Fsp3) is 0.143. The second-order valence-electron chi connectivity index (χ2n) is 2.39. The predicted molar refractivity (Wildman–Crippen MR) is 56.8 cm³/mol. The van der Waals surface area contributed by atoms with Crippen LogP contribution in [0.2, 0.25) is 0 Å². The second-order valence-corrected chi connectivity index (χ2v) is 3.29. The molecule has 0 fully saturated rings. The fourth-order valence-electron chi connectivity index (χ4n) is 0.663. The molecule has 0 aromatic heterocycles. The molecule has 0 radical (unpaired) electrons. The van der Waals surface area contributed by atoms with Gasteiger partial charge in [-0.15, -0.1) is 0 Å². The maximum atomic E-state index is 8.74. The van der Waals surface area contributed by atoms with Crippen LogP contribution in [0.1, 0.15) is 0 Å². The average molecular weight is 238 g/mol. The Hall–Kier alpha value is -1.19. The highest BCUT2D eigenvalue weighted by molar-refractivity contribution is 7.79. The number of anilines is 1. The smallest absolute Gasteiger partial charge is 0.394 e. The van der Waals surface area contributed by atoms with Gasteiger partial charge in [0.15, 0.2) is 0 Å². The van der Waals surface area contributed by atoms with E-state index in [0.29, 0.717) is 0 Å². The van der Waals surface area contributed by atoms with Gasteiger partial charge in [-0.1, -0.05) is 18.2 Å². The van der Waals surface area contributed by atoms with Gasteiger partial charge in [-0.2, -0.15) is 8.42 Å². The van der Waals surface area contributed by atoms with Crippen LogP contribution in [-0.4, -0.2) is 30.0 Å². The lowest BCUT2D eigenvalue weighted by atomic mass is 10.3. The number of para-hydroxylation sites is 1. The van der Waals surface area contributed by atoms with Crippen LogP contribution >= 0.6 is 0 Å². The molecule has 0 saturated carbocycles. The van der Waals surface area contributed by atoms with E-state index >= 15 is 0 Å². The molecule has 0 saturated heterocycles. The van der Waals surface area contributed by atoms with Crippen LogP contribution in [-0.2, 0) is 10.4 Å². The van der Waals surface area contributed by atoms with Crippen LogP contribution in [0.5, 0.6) is 0 Å². The van der Waals surface area contributed by atoms with Crippen molar-refractivity contribution in [3.63, 3.8) is 0 Å². The van der Waals surface area contributed by atoms with Crippen LogP contribution in [0.25, 0.3) is 0 Å². The van der Waals surface area contributed by atoms with E-state index in [1.807, 2.05) is 37.4 Å². The Morgan fingerprint density at radius 1 is 1.20 bits per heavy atom. The maximum absolute atomic E-state index is 8.74. The molecule has 8 heteroatoms. The van der Waals surface area contributed by atoms with Crippen molar-refractivity contribution < 1.29 is 23.0 Å². The highest BCUT2D eigenvalue weighted by atomic mass is 32.3. The molecule has 0 heterocycles. The third-order valence-corrected chi connectivity index (χ3v) is 1.16. The van der Waals surface area contributed by atoms with Crippen molar-refractivity contribution in [3.8, 4) is 0 Å². The standard InChI is InChI=1S/C7H10N2.H2O4S.H2O/c1-9(8)7-5-3-2-4-6-7;1-5(2,3)4;/h2-6H,8H2,1H3;(H2,1,2,3,4);1H2. The first-order valence-corrected chi connectivity index (χ1v) is 4.94. The Morgan fingerprint density at radius 3 is 1.73 bits per heavy atom. The third kappa shape index (κ3) is 12.8. The zero-order chi connectivity index (χ0) is 11.2. The molecular weight excluding hydrogens is 224 g/mol. The molecule has 0 unspecified atom stereocenters. The molecule has 1 aromatic carbocycles. The van der Waals surface area contributed by atoms with E-state index in [1.165, 1.54) is 0 Å². The van der Waals surface area contributed by atoms with Crippen LogP contribution in [0.15, 0.2) is 30.3 Å². The number of hydrazine groups is 1. The average Bonchev–Trinajstić information content (AvgIpc) is 2.03. The summed E-state index contributed by atoms with van der Waals surface area (Å²) in [5.41, 5.74) is 1.03. The number of hydrogen-bond donors (Lipinski definition) is 3. The summed E-state index contributed by atoms with van der Waals surface area (Å²) in [5, 5.41) is 1.58. The minimum absolute atomic E-state index is 0. The molecule has 7 nitrogen and oxygen atoms in total. The van der Waals surface area contributed by atoms with Gasteiger partial charge in [0.2, 0.25) is 0 Å². The summed E-state index contributed by atoms with van der Waals surface area (Å²) in [4.78, 5) is 0. The molecule has 0 aliphatic carbocycles. The van der Waals surface area contributed by atoms with Crippen molar-refractivity contribution in [1.29, 1.82) is 0 Å². The zero-order valence-electron chi connectivity index (χ0n) is 8.03. The minimum atomic E-state index is -4.67. The van der Waals surface area contributed by atoms with Gasteiger partial charge in [-0.05, 0) is 12.1 Å². The minimum Gasteiger partial charge on any atom is -0.412 e. The van der Waals surface area contributed by atoms with Crippen molar-refractivity contribution in [3.05, 3.63) is 30.3 Å². The van der Waals surface area contributed by atoms with Crippen molar-refractivity contribution in [2.75, 3.05) is 12.1 Å². The van der Waals surface area contributed by atoms with Crippen LogP contribution in [0.4, 0.5) is 5.69 Å². The van der Waals surface area contributed by atoms with E-state index in [4.69, 9.17) is 23.4 Å². The molecular formula is C7H14N2O5S. The molecule has 0 aliphatic rings. The molecule has 1 aromatic rings. The van der Waals surface area contributed by atoms with Gasteiger partial charge in [-0.3, -0.25) is 9.11 Å². The quantitative estimate of drug-likeness (QED) is 0.343. The van der Waals surface area contributed by atoms with Gasteiger partial charge in [0.1, 0.15) is 0 Å². The number of nitrogens with zero attached hydrogens (tertiary/aromatic N) is 1. The zero-order valence-corrected chi connectivity index (χ0v) is 8.85. The molecule has 88 valence electrons. The van der Waals surface area contributed by atoms with E-state index in [1.54, 1.807) is 5.01 Å². The summed E-state index contributed by atoms with van der Waals surface area (Å²) >= 11 is 0. The van der Waals surface area contributed by atoms with Crippen molar-refractivity contribution in [2.24, 2.45) is 5.84 Å². The fourth-order valence-corrected chi connectivity index (χ4v) is 0.663. The summed E-state index contributed by atoms with van der Waals surface area (Å²) in [5.74, 6) is 5.45. The van der Waals surface area contributed by atoms with E-state index in [9.17, 15) is 0 Å². The van der Waals surface area contributed by atoms with Gasteiger partial charge in [0.05, 0.1) is 5.69 Å². The van der Waals surface area contributed by atoms with Crippen molar-refractivity contribution >= 4 is 16.1 Å². The maximum Gasteiger partial charge on any atom is 0.394 e. The monoisotopic (exact) mass is 238 g/mol. The van der Waals surface area contributed by atoms with E-state index in [2.05, 4.69) is 0 Å². The number of rotatable bonds is 1. The first kappa shape index (κ1) is 16.2. The summed E-state index contributed by atoms with van der Waals surface area (Å²) < 4.78 is 31.6. The first-order valence-electron chi connectivity index (χ1n) is 3.54. The van der Waals surface area contributed by atoms with Crippen LogP contribution in [0.3, 0.4) is 0 Å². The summed E-state index contributed by atoms with van der Waals surface area (Å²) in [6.45, 7) is 0. The van der Waals surface area contributed by atoms with E-state index < -0.39 is 10.4 Å². The molecule has 0 bridgehead atoms.